The molecule has 0 unspecified atom stereocenters. The van der Waals surface area contributed by atoms with Gasteiger partial charge in [0.1, 0.15) is 5.69 Å². The first-order valence-electron chi connectivity index (χ1n) is 4.20. The van der Waals surface area contributed by atoms with Crippen molar-refractivity contribution in [1.82, 2.24) is 10.2 Å². The van der Waals surface area contributed by atoms with Crippen molar-refractivity contribution in [3.63, 3.8) is 0 Å². The van der Waals surface area contributed by atoms with Gasteiger partial charge in [-0.3, -0.25) is 5.10 Å². The van der Waals surface area contributed by atoms with Gasteiger partial charge >= 0.3 is 5.97 Å². The maximum Gasteiger partial charge on any atom is 0.360 e. The quantitative estimate of drug-likeness (QED) is 0.677. The van der Waals surface area contributed by atoms with Gasteiger partial charge in [-0.05, 0) is 6.92 Å². The number of rotatable bonds is 2. The summed E-state index contributed by atoms with van der Waals surface area (Å²) in [5.41, 5.74) is 1.14. The van der Waals surface area contributed by atoms with Crippen LogP contribution in [0.25, 0.3) is 0 Å². The predicted octanol–water partition coefficient (Wildman–Crippen LogP) is 0.521. The van der Waals surface area contributed by atoms with Crippen molar-refractivity contribution >= 4 is 5.97 Å². The maximum absolute atomic E-state index is 11.3. The zero-order valence-corrected chi connectivity index (χ0v) is 7.29. The lowest BCUT2D eigenvalue weighted by atomic mass is 10.3. The van der Waals surface area contributed by atoms with E-state index in [1.165, 1.54) is 0 Å². The third-order valence-electron chi connectivity index (χ3n) is 1.86. The number of carbonyl (C=O) groups is 1. The van der Waals surface area contributed by atoms with Gasteiger partial charge < -0.3 is 9.47 Å². The van der Waals surface area contributed by atoms with Gasteiger partial charge in [0.05, 0.1) is 13.2 Å². The Bertz CT molecular complexity index is 332. The standard InChI is InChI=1S/C8H10N2O3/c1-2-12-8(11)6-7-5(9-10-6)3-4-13-7/h2-4H2,1H3,(H,9,10). The largest absolute Gasteiger partial charge is 0.489 e. The van der Waals surface area contributed by atoms with Crippen LogP contribution in [0.2, 0.25) is 0 Å². The molecule has 70 valence electrons. The highest BCUT2D eigenvalue weighted by Gasteiger charge is 2.25. The molecule has 1 aromatic heterocycles. The van der Waals surface area contributed by atoms with E-state index >= 15 is 0 Å². The van der Waals surface area contributed by atoms with Crippen LogP contribution in [0.4, 0.5) is 0 Å². The van der Waals surface area contributed by atoms with Gasteiger partial charge in [0.25, 0.3) is 0 Å². The number of hydrogen-bond donors (Lipinski definition) is 1. The van der Waals surface area contributed by atoms with Crippen molar-refractivity contribution in [1.29, 1.82) is 0 Å². The van der Waals surface area contributed by atoms with Gasteiger partial charge in [-0.1, -0.05) is 0 Å². The Morgan fingerprint density at radius 2 is 2.62 bits per heavy atom. The van der Waals surface area contributed by atoms with Crippen molar-refractivity contribution < 1.29 is 14.3 Å². The van der Waals surface area contributed by atoms with Gasteiger partial charge in [-0.25, -0.2) is 4.79 Å². The summed E-state index contributed by atoms with van der Waals surface area (Å²) >= 11 is 0. The molecule has 2 heterocycles. The summed E-state index contributed by atoms with van der Waals surface area (Å²) in [7, 11) is 0. The Labute approximate surface area is 75.0 Å². The number of aromatic nitrogens is 2. The molecule has 0 saturated carbocycles. The average Bonchev–Trinajstić information content (AvgIpc) is 2.62. The highest BCUT2D eigenvalue weighted by molar-refractivity contribution is 5.90. The van der Waals surface area contributed by atoms with Crippen molar-refractivity contribution in [2.75, 3.05) is 13.2 Å². The molecule has 0 aromatic carbocycles. The second-order valence-electron chi connectivity index (χ2n) is 2.69. The van der Waals surface area contributed by atoms with Crippen LogP contribution in [0.3, 0.4) is 0 Å². The molecule has 2 rings (SSSR count). The summed E-state index contributed by atoms with van der Waals surface area (Å²) in [6.45, 7) is 2.71. The fourth-order valence-electron chi connectivity index (χ4n) is 1.29. The van der Waals surface area contributed by atoms with E-state index in [0.29, 0.717) is 24.7 Å². The first kappa shape index (κ1) is 8.10. The van der Waals surface area contributed by atoms with Gasteiger partial charge in [0, 0.05) is 6.42 Å². The molecule has 0 fully saturated rings. The molecule has 0 saturated heterocycles. The SMILES string of the molecule is CCOC(=O)c1[nH]nc2c1OCC2. The van der Waals surface area contributed by atoms with E-state index in [4.69, 9.17) is 9.47 Å². The summed E-state index contributed by atoms with van der Waals surface area (Å²) in [5, 5.41) is 6.56. The Morgan fingerprint density at radius 3 is 3.38 bits per heavy atom. The Hall–Kier alpha value is -1.52. The van der Waals surface area contributed by atoms with Gasteiger partial charge in [0.2, 0.25) is 0 Å². The van der Waals surface area contributed by atoms with Crippen LogP contribution >= 0.6 is 0 Å². The minimum absolute atomic E-state index is 0.328. The van der Waals surface area contributed by atoms with Crippen molar-refractivity contribution in [2.45, 2.75) is 13.3 Å². The van der Waals surface area contributed by atoms with Gasteiger partial charge in [-0.2, -0.15) is 5.10 Å². The van der Waals surface area contributed by atoms with E-state index in [1.54, 1.807) is 6.92 Å². The molecule has 0 atom stereocenters. The number of carbonyl (C=O) groups excluding carboxylic acids is 1. The highest BCUT2D eigenvalue weighted by Crippen LogP contribution is 2.27. The van der Waals surface area contributed by atoms with Gasteiger partial charge in [-0.15, -0.1) is 0 Å². The van der Waals surface area contributed by atoms with Crippen LogP contribution in [-0.4, -0.2) is 29.4 Å². The predicted molar refractivity (Wildman–Crippen MR) is 43.7 cm³/mol. The summed E-state index contributed by atoms with van der Waals surface area (Å²) in [4.78, 5) is 11.3. The lowest BCUT2D eigenvalue weighted by Gasteiger charge is -2.00. The number of esters is 1. The number of fused-ring (bicyclic) bond motifs is 1. The first-order valence-corrected chi connectivity index (χ1v) is 4.20. The lowest BCUT2D eigenvalue weighted by molar-refractivity contribution is 0.0515. The normalized spacial score (nSPS) is 13.6. The molecule has 0 spiro atoms. The second kappa shape index (κ2) is 3.08. The van der Waals surface area contributed by atoms with Gasteiger partial charge in [0.15, 0.2) is 11.4 Å². The average molecular weight is 182 g/mol. The van der Waals surface area contributed by atoms with E-state index in [1.807, 2.05) is 0 Å². The molecule has 0 aliphatic carbocycles. The van der Waals surface area contributed by atoms with Crippen LogP contribution in [0.5, 0.6) is 5.75 Å². The number of H-pyrrole nitrogens is 1. The number of ether oxygens (including phenoxy) is 2. The Morgan fingerprint density at radius 1 is 1.77 bits per heavy atom. The topological polar surface area (TPSA) is 64.2 Å². The van der Waals surface area contributed by atoms with E-state index in [2.05, 4.69) is 10.2 Å². The van der Waals surface area contributed by atoms with Crippen molar-refractivity contribution in [2.24, 2.45) is 0 Å². The molecule has 1 N–H and O–H groups in total. The van der Waals surface area contributed by atoms with Crippen LogP contribution in [0.15, 0.2) is 0 Å². The van der Waals surface area contributed by atoms with E-state index in [-0.39, 0.29) is 0 Å². The number of nitrogens with one attached hydrogen (secondary N) is 1. The molecule has 1 aliphatic heterocycles. The van der Waals surface area contributed by atoms with Crippen LogP contribution in [-0.2, 0) is 11.2 Å². The summed E-state index contributed by atoms with van der Waals surface area (Å²) in [5.74, 6) is 0.150. The van der Waals surface area contributed by atoms with E-state index in [9.17, 15) is 4.79 Å². The van der Waals surface area contributed by atoms with Crippen LogP contribution in [0, 0.1) is 0 Å². The molecule has 0 radical (unpaired) electrons. The zero-order chi connectivity index (χ0) is 9.26. The molecule has 5 heteroatoms. The van der Waals surface area contributed by atoms with Crippen LogP contribution in [0.1, 0.15) is 23.1 Å². The maximum atomic E-state index is 11.3. The third-order valence-corrected chi connectivity index (χ3v) is 1.86. The molecule has 1 aromatic rings. The molecular weight excluding hydrogens is 172 g/mol. The second-order valence-corrected chi connectivity index (χ2v) is 2.69. The molecule has 5 nitrogen and oxygen atoms in total. The molecule has 1 aliphatic rings. The first-order chi connectivity index (χ1) is 6.33. The Kier molecular flexibility index (Phi) is 1.92. The Balaban J connectivity index is 2.26. The molecule has 13 heavy (non-hydrogen) atoms. The lowest BCUT2D eigenvalue weighted by Crippen LogP contribution is -2.07. The number of aromatic amines is 1. The van der Waals surface area contributed by atoms with E-state index in [0.717, 1.165) is 12.1 Å². The van der Waals surface area contributed by atoms with Crippen LogP contribution < -0.4 is 4.74 Å². The minimum Gasteiger partial charge on any atom is -0.489 e. The highest BCUT2D eigenvalue weighted by atomic mass is 16.5. The molecule has 0 amide bonds. The molecular formula is C8H10N2O3. The summed E-state index contributed by atoms with van der Waals surface area (Å²) in [6.07, 6.45) is 0.755. The smallest absolute Gasteiger partial charge is 0.360 e. The van der Waals surface area contributed by atoms with Crippen molar-refractivity contribution in [3.05, 3.63) is 11.4 Å². The summed E-state index contributed by atoms with van der Waals surface area (Å²) < 4.78 is 10.1. The number of hydrogen-bond acceptors (Lipinski definition) is 4. The van der Waals surface area contributed by atoms with E-state index < -0.39 is 5.97 Å². The summed E-state index contributed by atoms with van der Waals surface area (Å²) in [6, 6.07) is 0. The number of nitrogens with zero attached hydrogens (tertiary/aromatic N) is 1. The molecule has 0 bridgehead atoms. The minimum atomic E-state index is -0.404. The fraction of sp³-hybridized carbons (Fsp3) is 0.500. The zero-order valence-electron chi connectivity index (χ0n) is 7.29. The third kappa shape index (κ3) is 1.26. The van der Waals surface area contributed by atoms with Crippen molar-refractivity contribution in [3.8, 4) is 5.75 Å². The fourth-order valence-corrected chi connectivity index (χ4v) is 1.29. The monoisotopic (exact) mass is 182 g/mol.